The molecule has 0 aliphatic carbocycles. The summed E-state index contributed by atoms with van der Waals surface area (Å²) in [6, 6.07) is 0.889. The molecule has 0 atom stereocenters. The second-order valence-corrected chi connectivity index (χ2v) is 6.82. The van der Waals surface area contributed by atoms with Crippen LogP contribution in [0, 0.1) is 5.41 Å². The van der Waals surface area contributed by atoms with Crippen LogP contribution in [0.15, 0.2) is 0 Å². The smallest absolute Gasteiger partial charge is 0.0120 e. The van der Waals surface area contributed by atoms with Gasteiger partial charge in [-0.2, -0.15) is 0 Å². The summed E-state index contributed by atoms with van der Waals surface area (Å²) in [4.78, 5) is 5.29. The van der Waals surface area contributed by atoms with Gasteiger partial charge in [-0.3, -0.25) is 0 Å². The first-order valence-corrected chi connectivity index (χ1v) is 7.91. The van der Waals surface area contributed by atoms with Crippen LogP contribution in [-0.2, 0) is 0 Å². The summed E-state index contributed by atoms with van der Waals surface area (Å²) in [5, 5.41) is 3.52. The second-order valence-electron chi connectivity index (χ2n) is 6.82. The lowest BCUT2D eigenvalue weighted by atomic mass is 9.71. The minimum atomic E-state index is 0.715. The number of nitrogens with zero attached hydrogens (tertiary/aromatic N) is 2. The number of likely N-dealkylation sites (tertiary alicyclic amines) is 2. The molecule has 0 saturated carbocycles. The molecule has 3 fully saturated rings. The molecule has 3 heterocycles. The van der Waals surface area contributed by atoms with Gasteiger partial charge in [0.2, 0.25) is 0 Å². The van der Waals surface area contributed by atoms with Gasteiger partial charge >= 0.3 is 0 Å². The maximum atomic E-state index is 3.52. The summed E-state index contributed by atoms with van der Waals surface area (Å²) in [5.74, 6) is 0. The lowest BCUT2D eigenvalue weighted by Gasteiger charge is -2.47. The van der Waals surface area contributed by atoms with Crippen molar-refractivity contribution in [2.45, 2.75) is 44.6 Å². The summed E-state index contributed by atoms with van der Waals surface area (Å²) in [6.07, 6.45) is 8.56. The molecule has 18 heavy (non-hydrogen) atoms. The number of nitrogens with one attached hydrogen (secondary N) is 1. The molecule has 0 aromatic rings. The minimum Gasteiger partial charge on any atom is -0.317 e. The normalized spacial score (nSPS) is 31.8. The predicted molar refractivity (Wildman–Crippen MR) is 75.9 cm³/mol. The highest BCUT2D eigenvalue weighted by Gasteiger charge is 2.37. The zero-order valence-corrected chi connectivity index (χ0v) is 12.0. The average molecular weight is 251 g/mol. The molecule has 0 aromatic heterocycles. The van der Waals surface area contributed by atoms with Crippen molar-refractivity contribution in [3.63, 3.8) is 0 Å². The molecule has 3 nitrogen and oxygen atoms in total. The minimum absolute atomic E-state index is 0.715. The molecule has 3 aliphatic heterocycles. The van der Waals surface area contributed by atoms with Gasteiger partial charge in [0.25, 0.3) is 0 Å². The average Bonchev–Trinajstić information content (AvgIpc) is 2.42. The standard InChI is InChI=1S/C15H29N3/c1-17-10-2-14(3-11-17)18-12-6-15(7-13-18)4-8-16-9-5-15/h14,16H,2-13H2,1H3. The number of piperidine rings is 3. The predicted octanol–water partition coefficient (Wildman–Crippen LogP) is 1.55. The Morgan fingerprint density at radius 2 is 1.50 bits per heavy atom. The Kier molecular flexibility index (Phi) is 3.92. The van der Waals surface area contributed by atoms with Gasteiger partial charge in [0.15, 0.2) is 0 Å². The molecular weight excluding hydrogens is 222 g/mol. The highest BCUT2D eigenvalue weighted by molar-refractivity contribution is 4.92. The summed E-state index contributed by atoms with van der Waals surface area (Å²) in [7, 11) is 2.26. The molecule has 3 aliphatic rings. The van der Waals surface area contributed by atoms with Gasteiger partial charge in [0, 0.05) is 6.04 Å². The van der Waals surface area contributed by atoms with Crippen molar-refractivity contribution < 1.29 is 0 Å². The Hall–Kier alpha value is -0.120. The first kappa shape index (κ1) is 12.9. The maximum Gasteiger partial charge on any atom is 0.0120 e. The Balaban J connectivity index is 1.50. The number of hydrogen-bond donors (Lipinski definition) is 1. The summed E-state index contributed by atoms with van der Waals surface area (Å²) in [6.45, 7) is 7.86. The highest BCUT2D eigenvalue weighted by atomic mass is 15.2. The first-order chi connectivity index (χ1) is 8.77. The van der Waals surface area contributed by atoms with Crippen molar-refractivity contribution >= 4 is 0 Å². The van der Waals surface area contributed by atoms with Crippen LogP contribution in [0.4, 0.5) is 0 Å². The Morgan fingerprint density at radius 1 is 0.889 bits per heavy atom. The van der Waals surface area contributed by atoms with E-state index in [4.69, 9.17) is 0 Å². The molecule has 0 aromatic carbocycles. The third-order valence-electron chi connectivity index (χ3n) is 5.73. The van der Waals surface area contributed by atoms with E-state index in [9.17, 15) is 0 Å². The Bertz CT molecular complexity index is 255. The van der Waals surface area contributed by atoms with Gasteiger partial charge in [0.05, 0.1) is 0 Å². The molecule has 0 bridgehead atoms. The number of hydrogen-bond acceptors (Lipinski definition) is 3. The zero-order valence-electron chi connectivity index (χ0n) is 12.0. The summed E-state index contributed by atoms with van der Waals surface area (Å²) < 4.78 is 0. The fourth-order valence-electron chi connectivity index (χ4n) is 4.18. The molecular formula is C15H29N3. The van der Waals surface area contributed by atoms with Crippen LogP contribution >= 0.6 is 0 Å². The highest BCUT2D eigenvalue weighted by Crippen LogP contribution is 2.40. The number of rotatable bonds is 1. The lowest BCUT2D eigenvalue weighted by Crippen LogP contribution is -2.51. The van der Waals surface area contributed by atoms with Crippen molar-refractivity contribution in [1.82, 2.24) is 15.1 Å². The fraction of sp³-hybridized carbons (Fsp3) is 1.00. The van der Waals surface area contributed by atoms with Gasteiger partial charge in [-0.25, -0.2) is 0 Å². The van der Waals surface area contributed by atoms with Gasteiger partial charge in [-0.15, -0.1) is 0 Å². The molecule has 3 saturated heterocycles. The fourth-order valence-corrected chi connectivity index (χ4v) is 4.18. The van der Waals surface area contributed by atoms with Crippen LogP contribution in [0.2, 0.25) is 0 Å². The monoisotopic (exact) mass is 251 g/mol. The molecule has 104 valence electrons. The van der Waals surface area contributed by atoms with Crippen molar-refractivity contribution in [3.05, 3.63) is 0 Å². The van der Waals surface area contributed by atoms with Crippen LogP contribution in [-0.4, -0.2) is 62.2 Å². The van der Waals surface area contributed by atoms with E-state index in [1.807, 2.05) is 0 Å². The van der Waals surface area contributed by atoms with Gasteiger partial charge in [-0.1, -0.05) is 0 Å². The van der Waals surface area contributed by atoms with Crippen molar-refractivity contribution in [2.75, 3.05) is 46.3 Å². The largest absolute Gasteiger partial charge is 0.317 e. The van der Waals surface area contributed by atoms with E-state index in [1.54, 1.807) is 0 Å². The first-order valence-electron chi connectivity index (χ1n) is 7.91. The molecule has 3 heteroatoms. The Labute approximate surface area is 112 Å². The van der Waals surface area contributed by atoms with Crippen LogP contribution in [0.25, 0.3) is 0 Å². The van der Waals surface area contributed by atoms with E-state index < -0.39 is 0 Å². The van der Waals surface area contributed by atoms with Gasteiger partial charge in [-0.05, 0) is 90.3 Å². The Morgan fingerprint density at radius 3 is 2.11 bits per heavy atom. The zero-order chi connectivity index (χ0) is 12.4. The van der Waals surface area contributed by atoms with Crippen LogP contribution in [0.5, 0.6) is 0 Å². The van der Waals surface area contributed by atoms with Crippen LogP contribution in [0.1, 0.15) is 38.5 Å². The van der Waals surface area contributed by atoms with Gasteiger partial charge < -0.3 is 15.1 Å². The third-order valence-corrected chi connectivity index (χ3v) is 5.73. The van der Waals surface area contributed by atoms with Crippen molar-refractivity contribution in [3.8, 4) is 0 Å². The van der Waals surface area contributed by atoms with Crippen molar-refractivity contribution in [2.24, 2.45) is 5.41 Å². The van der Waals surface area contributed by atoms with E-state index in [2.05, 4.69) is 22.2 Å². The van der Waals surface area contributed by atoms with Crippen LogP contribution < -0.4 is 5.32 Å². The maximum absolute atomic E-state index is 3.52. The van der Waals surface area contributed by atoms with E-state index in [1.165, 1.54) is 77.8 Å². The van der Waals surface area contributed by atoms with E-state index >= 15 is 0 Å². The molecule has 0 radical (unpaired) electrons. The van der Waals surface area contributed by atoms with Crippen molar-refractivity contribution in [1.29, 1.82) is 0 Å². The molecule has 1 spiro atoms. The summed E-state index contributed by atoms with van der Waals surface area (Å²) in [5.41, 5.74) is 0.715. The third kappa shape index (κ3) is 2.73. The molecule has 0 unspecified atom stereocenters. The quantitative estimate of drug-likeness (QED) is 0.763. The van der Waals surface area contributed by atoms with Gasteiger partial charge in [0.1, 0.15) is 0 Å². The van der Waals surface area contributed by atoms with E-state index in [0.29, 0.717) is 5.41 Å². The molecule has 3 rings (SSSR count). The van der Waals surface area contributed by atoms with E-state index in [0.717, 1.165) is 6.04 Å². The van der Waals surface area contributed by atoms with E-state index in [-0.39, 0.29) is 0 Å². The second kappa shape index (κ2) is 5.48. The topological polar surface area (TPSA) is 18.5 Å². The lowest BCUT2D eigenvalue weighted by molar-refractivity contribution is 0.0314. The molecule has 1 N–H and O–H groups in total. The molecule has 0 amide bonds. The van der Waals surface area contributed by atoms with Crippen LogP contribution in [0.3, 0.4) is 0 Å². The SMILES string of the molecule is CN1CCC(N2CCC3(CCNCC3)CC2)CC1. The summed E-state index contributed by atoms with van der Waals surface area (Å²) >= 11 is 0.